The number of rotatable bonds is 21. The predicted octanol–water partition coefficient (Wildman–Crippen LogP) is 8.30. The summed E-state index contributed by atoms with van der Waals surface area (Å²) in [5.74, 6) is 1.08. The Hall–Kier alpha value is -4.23. The monoisotopic (exact) mass is 854 g/mol. The van der Waals surface area contributed by atoms with Gasteiger partial charge in [-0.05, 0) is 123 Å². The quantitative estimate of drug-likeness (QED) is 0.0631. The molecule has 14 heteroatoms. The Labute approximate surface area is 357 Å². The summed E-state index contributed by atoms with van der Waals surface area (Å²) < 4.78 is 38.4. The molecule has 5 atom stereocenters. The summed E-state index contributed by atoms with van der Waals surface area (Å²) in [4.78, 5) is 40.9. The van der Waals surface area contributed by atoms with Gasteiger partial charge in [0.1, 0.15) is 24.7 Å². The van der Waals surface area contributed by atoms with Crippen molar-refractivity contribution >= 4 is 41.2 Å². The number of carbonyl (C=O) groups is 3. The lowest BCUT2D eigenvalue weighted by Gasteiger charge is -2.36. The second kappa shape index (κ2) is 21.3. The van der Waals surface area contributed by atoms with Gasteiger partial charge in [0.2, 0.25) is 12.2 Å². The number of amides is 1. The minimum atomic E-state index is -1.05. The van der Waals surface area contributed by atoms with Crippen molar-refractivity contribution in [1.29, 1.82) is 0 Å². The molecule has 12 nitrogen and oxygen atoms in total. The largest absolute Gasteiger partial charge is 0.511 e. The molecular weight excluding hydrogens is 799 g/mol. The van der Waals surface area contributed by atoms with E-state index >= 15 is 0 Å². The fourth-order valence-corrected chi connectivity index (χ4v) is 8.30. The smallest absolute Gasteiger partial charge is 0.493 e. The number of nitrogens with one attached hydrogen (secondary N) is 1. The molecule has 0 bridgehead atoms. The lowest BCUT2D eigenvalue weighted by atomic mass is 9.80. The Kier molecular flexibility index (Phi) is 16.0. The van der Waals surface area contributed by atoms with Gasteiger partial charge < -0.3 is 43.4 Å². The van der Waals surface area contributed by atoms with Crippen molar-refractivity contribution < 1.29 is 47.5 Å². The van der Waals surface area contributed by atoms with Crippen LogP contribution in [-0.4, -0.2) is 88.5 Å². The SMILES string of the molecule is CCOC(=O)OC(C)OC(=O)[C@H]1C[C@@H]1COc1cc(CCCOC)cc(CN(C(=O)[C@H]2CNCC[C@@H]2c2ccc(OCCOc3c(Cl)cc(C)cc3Cl)cc2)C2CC2)c1. The third-order valence-corrected chi connectivity index (χ3v) is 11.4. The number of carbonyl (C=O) groups excluding carboxylic acids is 3. The van der Waals surface area contributed by atoms with E-state index in [-0.39, 0.29) is 48.8 Å². The van der Waals surface area contributed by atoms with Crippen molar-refractivity contribution in [1.82, 2.24) is 10.2 Å². The number of aryl methyl sites for hydroxylation is 2. The zero-order valence-corrected chi connectivity index (χ0v) is 35.9. The van der Waals surface area contributed by atoms with Crippen LogP contribution in [0, 0.1) is 24.7 Å². The van der Waals surface area contributed by atoms with Gasteiger partial charge in [0.05, 0.1) is 35.1 Å². The van der Waals surface area contributed by atoms with Crippen molar-refractivity contribution in [3.8, 4) is 17.2 Å². The Bertz CT molecular complexity index is 1870. The van der Waals surface area contributed by atoms with Crippen molar-refractivity contribution in [2.45, 2.75) is 84.1 Å². The molecule has 1 heterocycles. The number of esters is 1. The Morgan fingerprint density at radius 1 is 0.864 bits per heavy atom. The molecule has 2 aliphatic carbocycles. The molecule has 1 unspecified atom stereocenters. The Morgan fingerprint density at radius 2 is 1.59 bits per heavy atom. The molecule has 0 aromatic heterocycles. The minimum Gasteiger partial charge on any atom is -0.493 e. The maximum atomic E-state index is 14.6. The van der Waals surface area contributed by atoms with Crippen LogP contribution in [-0.2, 0) is 41.5 Å². The third kappa shape index (κ3) is 12.9. The number of hydrogen-bond donors (Lipinski definition) is 1. The zero-order chi connectivity index (χ0) is 41.9. The highest BCUT2D eigenvalue weighted by Gasteiger charge is 2.46. The molecule has 3 aromatic rings. The molecule has 1 aliphatic heterocycles. The topological polar surface area (TPSA) is 131 Å². The number of hydrogen-bond acceptors (Lipinski definition) is 11. The Morgan fingerprint density at radius 3 is 2.31 bits per heavy atom. The zero-order valence-electron chi connectivity index (χ0n) is 34.3. The van der Waals surface area contributed by atoms with Gasteiger partial charge in [-0.25, -0.2) is 4.79 Å². The second-order valence-electron chi connectivity index (χ2n) is 15.5. The fourth-order valence-electron chi connectivity index (χ4n) is 7.59. The molecule has 6 rings (SSSR count). The van der Waals surface area contributed by atoms with Crippen LogP contribution in [0.4, 0.5) is 4.79 Å². The highest BCUT2D eigenvalue weighted by atomic mass is 35.5. The number of ether oxygens (including phenoxy) is 7. The summed E-state index contributed by atoms with van der Waals surface area (Å²) in [6, 6.07) is 18.1. The first kappa shape index (κ1) is 44.3. The first-order chi connectivity index (χ1) is 28.5. The molecule has 0 radical (unpaired) electrons. The standard InChI is InChI=1S/C45H56Cl2N2O10/c1-5-54-45(52)59-29(3)58-44(51)38-24-33(38)27-57-36-22-30(7-6-16-53-4)21-31(23-36)26-49(34-10-11-34)43(50)39-25-48-15-14-37(39)32-8-12-35(13-9-32)55-17-18-56-42-40(46)19-28(2)20-41(42)47/h8-9,12-13,19-23,29,33-34,37-39,48H,5-7,10-11,14-18,24-27H2,1-4H3/t29?,33-,37-,38+,39+/m1/s1. The Balaban J connectivity index is 1.06. The van der Waals surface area contributed by atoms with Gasteiger partial charge in [-0.2, -0.15) is 0 Å². The summed E-state index contributed by atoms with van der Waals surface area (Å²) in [5.41, 5.74) is 4.18. The molecule has 59 heavy (non-hydrogen) atoms. The van der Waals surface area contributed by atoms with Gasteiger partial charge in [0.15, 0.2) is 5.75 Å². The second-order valence-corrected chi connectivity index (χ2v) is 16.3. The fraction of sp³-hybridized carbons (Fsp3) is 0.533. The summed E-state index contributed by atoms with van der Waals surface area (Å²) in [6.07, 6.45) is 3.14. The first-order valence-electron chi connectivity index (χ1n) is 20.6. The van der Waals surface area contributed by atoms with E-state index in [0.29, 0.717) is 66.6 Å². The van der Waals surface area contributed by atoms with Crippen LogP contribution >= 0.6 is 23.2 Å². The molecule has 3 aromatic carbocycles. The lowest BCUT2D eigenvalue weighted by Crippen LogP contribution is -2.47. The maximum absolute atomic E-state index is 14.6. The molecule has 1 saturated heterocycles. The van der Waals surface area contributed by atoms with Crippen LogP contribution in [0.25, 0.3) is 0 Å². The van der Waals surface area contributed by atoms with E-state index in [1.807, 2.05) is 43.3 Å². The van der Waals surface area contributed by atoms with Gasteiger partial charge in [0.25, 0.3) is 0 Å². The van der Waals surface area contributed by atoms with Crippen LogP contribution in [0.15, 0.2) is 54.6 Å². The van der Waals surface area contributed by atoms with Gasteiger partial charge in [-0.1, -0.05) is 41.4 Å². The molecule has 0 spiro atoms. The average Bonchev–Trinajstić information content (AvgIpc) is 4.15. The molecule has 320 valence electrons. The van der Waals surface area contributed by atoms with Crippen molar-refractivity contribution in [2.75, 3.05) is 53.2 Å². The molecular formula is C45H56Cl2N2O10. The number of halogens is 2. The first-order valence-corrected chi connectivity index (χ1v) is 21.4. The molecule has 1 N–H and O–H groups in total. The molecule has 2 saturated carbocycles. The lowest BCUT2D eigenvalue weighted by molar-refractivity contribution is -0.170. The van der Waals surface area contributed by atoms with Crippen LogP contribution in [0.3, 0.4) is 0 Å². The summed E-state index contributed by atoms with van der Waals surface area (Å²) >= 11 is 12.6. The van der Waals surface area contributed by atoms with Crippen molar-refractivity contribution in [3.63, 3.8) is 0 Å². The predicted molar refractivity (Wildman–Crippen MR) is 223 cm³/mol. The molecule has 3 aliphatic rings. The minimum absolute atomic E-state index is 0.0175. The number of benzene rings is 3. The summed E-state index contributed by atoms with van der Waals surface area (Å²) in [7, 11) is 1.69. The van der Waals surface area contributed by atoms with E-state index in [2.05, 4.69) is 28.4 Å². The number of piperidine rings is 1. The highest BCUT2D eigenvalue weighted by Crippen LogP contribution is 2.41. The van der Waals surface area contributed by atoms with E-state index in [0.717, 1.165) is 60.9 Å². The van der Waals surface area contributed by atoms with Crippen LogP contribution in [0.2, 0.25) is 10.0 Å². The maximum Gasteiger partial charge on any atom is 0.511 e. The van der Waals surface area contributed by atoms with E-state index in [9.17, 15) is 14.4 Å². The van der Waals surface area contributed by atoms with Gasteiger partial charge in [-0.15, -0.1) is 0 Å². The van der Waals surface area contributed by atoms with Crippen LogP contribution in [0.1, 0.15) is 74.1 Å². The third-order valence-electron chi connectivity index (χ3n) is 10.8. The van der Waals surface area contributed by atoms with Crippen LogP contribution in [0.5, 0.6) is 17.2 Å². The van der Waals surface area contributed by atoms with Gasteiger partial charge >= 0.3 is 12.1 Å². The van der Waals surface area contributed by atoms with Gasteiger partial charge in [0, 0.05) is 45.7 Å². The molecule has 1 amide bonds. The van der Waals surface area contributed by atoms with E-state index < -0.39 is 18.4 Å². The van der Waals surface area contributed by atoms with Crippen molar-refractivity contribution in [3.05, 3.63) is 86.9 Å². The normalized spacial score (nSPS) is 20.2. The van der Waals surface area contributed by atoms with E-state index in [1.165, 1.54) is 6.92 Å². The van der Waals surface area contributed by atoms with Gasteiger partial charge in [-0.3, -0.25) is 9.59 Å². The highest BCUT2D eigenvalue weighted by molar-refractivity contribution is 6.37. The summed E-state index contributed by atoms with van der Waals surface area (Å²) in [5, 5.41) is 4.41. The number of methoxy groups -OCH3 is 1. The van der Waals surface area contributed by atoms with E-state index in [1.54, 1.807) is 14.0 Å². The number of nitrogens with zero attached hydrogens (tertiary/aromatic N) is 1. The van der Waals surface area contributed by atoms with E-state index in [4.69, 9.17) is 56.4 Å². The van der Waals surface area contributed by atoms with Crippen molar-refractivity contribution in [2.24, 2.45) is 17.8 Å². The average molecular weight is 856 g/mol. The van der Waals surface area contributed by atoms with Crippen LogP contribution < -0.4 is 19.5 Å². The molecule has 3 fully saturated rings. The summed E-state index contributed by atoms with van der Waals surface area (Å²) in [6.45, 7) is 8.72.